The summed E-state index contributed by atoms with van der Waals surface area (Å²) >= 11 is 13.8. The van der Waals surface area contributed by atoms with Gasteiger partial charge in [-0.05, 0) is 22.9 Å². The molecule has 7 rings (SSSR count). The highest BCUT2D eigenvalue weighted by Crippen LogP contribution is 2.56. The Kier molecular flexibility index (Phi) is 2.31. The molecule has 7 heterocycles. The summed E-state index contributed by atoms with van der Waals surface area (Å²) in [6.45, 7) is 0. The summed E-state index contributed by atoms with van der Waals surface area (Å²) in [4.78, 5) is 0. The average Bonchev–Trinajstić information content (AvgIpc) is 3.26. The first-order valence-electron chi connectivity index (χ1n) is 6.91. The van der Waals surface area contributed by atoms with E-state index >= 15 is 0 Å². The standard InChI is InChI=1S/C16H4S7/c1-3-17-7-5(1)19-11-9(7)21-15-13(11)23-14-12-10(22-16(14)15)8-6(20-12)2-4-18-8/h1-4H. The Bertz CT molecular complexity index is 1400. The minimum Gasteiger partial charge on any atom is -0.141 e. The molecular weight excluding hydrogens is 417 g/mol. The minimum atomic E-state index is 1.46. The SMILES string of the molecule is c1cc2sc3c(sc4c3sc3c5sc6ccsc6c5sc34)c2s1. The predicted molar refractivity (Wildman–Crippen MR) is 117 cm³/mol. The molecule has 0 N–H and O–H groups in total. The van der Waals surface area contributed by atoms with E-state index in [9.17, 15) is 0 Å². The van der Waals surface area contributed by atoms with Crippen LogP contribution in [0.2, 0.25) is 0 Å². The Labute approximate surface area is 157 Å². The maximum Gasteiger partial charge on any atom is 0.0652 e. The second-order valence-electron chi connectivity index (χ2n) is 5.37. The normalized spacial score (nSPS) is 13.2. The maximum absolute atomic E-state index is 2.27. The van der Waals surface area contributed by atoms with Crippen molar-refractivity contribution >= 4 is 136 Å². The molecule has 0 aliphatic carbocycles. The molecule has 7 heteroatoms. The van der Waals surface area contributed by atoms with E-state index in [0.717, 1.165) is 0 Å². The van der Waals surface area contributed by atoms with Crippen LogP contribution >= 0.6 is 79.4 Å². The summed E-state index contributed by atoms with van der Waals surface area (Å²) in [5.41, 5.74) is 0. The molecule has 0 aliphatic heterocycles. The molecule has 0 aliphatic rings. The molecule has 110 valence electrons. The lowest BCUT2D eigenvalue weighted by Crippen LogP contribution is -1.44. The van der Waals surface area contributed by atoms with Gasteiger partial charge in [0.2, 0.25) is 0 Å². The minimum absolute atomic E-state index is 1.46. The molecule has 0 fully saturated rings. The molecule has 0 atom stereocenters. The third-order valence-corrected chi connectivity index (χ3v) is 13.5. The van der Waals surface area contributed by atoms with Crippen molar-refractivity contribution in [3.63, 3.8) is 0 Å². The van der Waals surface area contributed by atoms with E-state index in [1.54, 1.807) is 0 Å². The van der Waals surface area contributed by atoms with Gasteiger partial charge in [0.1, 0.15) is 0 Å². The molecular formula is C16H4S7. The second kappa shape index (κ2) is 4.16. The van der Waals surface area contributed by atoms with Gasteiger partial charge in [0.25, 0.3) is 0 Å². The van der Waals surface area contributed by atoms with Crippen LogP contribution in [0.15, 0.2) is 22.9 Å². The van der Waals surface area contributed by atoms with Gasteiger partial charge >= 0.3 is 0 Å². The Balaban J connectivity index is 1.74. The molecule has 0 nitrogen and oxygen atoms in total. The van der Waals surface area contributed by atoms with Crippen LogP contribution in [0.3, 0.4) is 0 Å². The van der Waals surface area contributed by atoms with E-state index < -0.39 is 0 Å². The molecule has 0 saturated carbocycles. The number of hydrogen-bond acceptors (Lipinski definition) is 7. The van der Waals surface area contributed by atoms with Gasteiger partial charge in [0, 0.05) is 9.40 Å². The van der Waals surface area contributed by atoms with Crippen molar-refractivity contribution in [2.75, 3.05) is 0 Å². The van der Waals surface area contributed by atoms with Crippen molar-refractivity contribution in [1.82, 2.24) is 0 Å². The fraction of sp³-hybridized carbons (Fsp3) is 0. The van der Waals surface area contributed by atoms with E-state index in [1.807, 2.05) is 79.4 Å². The Morgan fingerprint density at radius 2 is 0.739 bits per heavy atom. The highest BCUT2D eigenvalue weighted by Gasteiger charge is 2.22. The lowest BCUT2D eigenvalue weighted by atomic mass is 10.4. The molecule has 0 amide bonds. The van der Waals surface area contributed by atoms with E-state index in [-0.39, 0.29) is 0 Å². The highest BCUT2D eigenvalue weighted by atomic mass is 32.1. The maximum atomic E-state index is 2.27. The summed E-state index contributed by atoms with van der Waals surface area (Å²) in [6, 6.07) is 4.54. The van der Waals surface area contributed by atoms with E-state index in [1.165, 1.54) is 56.4 Å². The molecule has 0 unspecified atom stereocenters. The molecule has 7 aromatic rings. The van der Waals surface area contributed by atoms with Gasteiger partial charge in [-0.25, -0.2) is 0 Å². The summed E-state index contributed by atoms with van der Waals surface area (Å²) in [5.74, 6) is 0. The summed E-state index contributed by atoms with van der Waals surface area (Å²) < 4.78 is 18.1. The Hall–Kier alpha value is -0.540. The van der Waals surface area contributed by atoms with Gasteiger partial charge < -0.3 is 0 Å². The van der Waals surface area contributed by atoms with E-state index in [4.69, 9.17) is 0 Å². The van der Waals surface area contributed by atoms with Crippen molar-refractivity contribution in [2.24, 2.45) is 0 Å². The topological polar surface area (TPSA) is 0 Å². The number of fused-ring (bicyclic) bond motifs is 11. The van der Waals surface area contributed by atoms with Crippen LogP contribution in [-0.2, 0) is 0 Å². The van der Waals surface area contributed by atoms with Gasteiger partial charge in [0.15, 0.2) is 0 Å². The van der Waals surface area contributed by atoms with Gasteiger partial charge in [-0.3, -0.25) is 0 Å². The summed E-state index contributed by atoms with van der Waals surface area (Å²) in [7, 11) is 0. The Morgan fingerprint density at radius 1 is 0.391 bits per heavy atom. The zero-order valence-electron chi connectivity index (χ0n) is 11.2. The monoisotopic (exact) mass is 420 g/mol. The van der Waals surface area contributed by atoms with Crippen molar-refractivity contribution < 1.29 is 0 Å². The predicted octanol–water partition coefficient (Wildman–Crippen LogP) is 9.04. The van der Waals surface area contributed by atoms with E-state index in [2.05, 4.69) is 22.9 Å². The molecule has 23 heavy (non-hydrogen) atoms. The molecule has 0 spiro atoms. The number of hydrogen-bond donors (Lipinski definition) is 0. The van der Waals surface area contributed by atoms with Crippen molar-refractivity contribution in [3.8, 4) is 0 Å². The van der Waals surface area contributed by atoms with Crippen molar-refractivity contribution in [3.05, 3.63) is 22.9 Å². The van der Waals surface area contributed by atoms with Crippen LogP contribution in [0.1, 0.15) is 0 Å². The second-order valence-corrected chi connectivity index (χ2v) is 12.4. The molecule has 0 bridgehead atoms. The van der Waals surface area contributed by atoms with Crippen LogP contribution in [0, 0.1) is 0 Å². The van der Waals surface area contributed by atoms with Crippen LogP contribution < -0.4 is 0 Å². The average molecular weight is 421 g/mol. The van der Waals surface area contributed by atoms with Gasteiger partial charge in [-0.1, -0.05) is 0 Å². The lowest BCUT2D eigenvalue weighted by molar-refractivity contribution is 2.26. The zero-order valence-corrected chi connectivity index (χ0v) is 16.9. The molecule has 0 aromatic carbocycles. The third-order valence-electron chi connectivity index (χ3n) is 4.15. The smallest absolute Gasteiger partial charge is 0.0652 e. The van der Waals surface area contributed by atoms with Crippen molar-refractivity contribution in [1.29, 1.82) is 0 Å². The fourth-order valence-corrected chi connectivity index (χ4v) is 13.1. The van der Waals surface area contributed by atoms with Crippen molar-refractivity contribution in [2.45, 2.75) is 0 Å². The first kappa shape index (κ1) is 12.8. The quantitative estimate of drug-likeness (QED) is 0.229. The molecule has 0 saturated heterocycles. The van der Waals surface area contributed by atoms with Crippen LogP contribution in [0.4, 0.5) is 0 Å². The van der Waals surface area contributed by atoms with Gasteiger partial charge in [-0.2, -0.15) is 0 Å². The van der Waals surface area contributed by atoms with Crippen LogP contribution in [0.5, 0.6) is 0 Å². The summed E-state index contributed by atoms with van der Waals surface area (Å²) in [6.07, 6.45) is 0. The zero-order chi connectivity index (χ0) is 14.7. The molecule has 7 aromatic heterocycles. The van der Waals surface area contributed by atoms with Gasteiger partial charge in [0.05, 0.1) is 47.0 Å². The fourth-order valence-electron chi connectivity index (χ4n) is 3.18. The molecule has 0 radical (unpaired) electrons. The highest BCUT2D eigenvalue weighted by molar-refractivity contribution is 7.51. The van der Waals surface area contributed by atoms with Gasteiger partial charge in [-0.15, -0.1) is 79.4 Å². The van der Waals surface area contributed by atoms with Crippen LogP contribution in [0.25, 0.3) is 56.4 Å². The first-order valence-corrected chi connectivity index (χ1v) is 12.8. The third kappa shape index (κ3) is 1.43. The Morgan fingerprint density at radius 3 is 1.17 bits per heavy atom. The summed E-state index contributed by atoms with van der Waals surface area (Å²) in [5, 5.41) is 4.44. The number of rotatable bonds is 0. The van der Waals surface area contributed by atoms with Crippen LogP contribution in [-0.4, -0.2) is 0 Å². The number of thiophene rings is 7. The lowest BCUT2D eigenvalue weighted by Gasteiger charge is -1.78. The first-order chi connectivity index (χ1) is 11.4. The largest absolute Gasteiger partial charge is 0.141 e. The van der Waals surface area contributed by atoms with E-state index in [0.29, 0.717) is 0 Å².